The van der Waals surface area contributed by atoms with Crippen molar-refractivity contribution in [1.29, 1.82) is 0 Å². The lowest BCUT2D eigenvalue weighted by Crippen LogP contribution is -1.98. The summed E-state index contributed by atoms with van der Waals surface area (Å²) in [6.07, 6.45) is 0. The highest BCUT2D eigenvalue weighted by molar-refractivity contribution is 9.10. The Morgan fingerprint density at radius 2 is 1.85 bits per heavy atom. The second kappa shape index (κ2) is 4.83. The average molecular weight is 332 g/mol. The number of hydrogen-bond acceptors (Lipinski definition) is 3. The summed E-state index contributed by atoms with van der Waals surface area (Å²) >= 11 is 3.51. The van der Waals surface area contributed by atoms with Gasteiger partial charge in [-0.3, -0.25) is 4.40 Å². The molecule has 2 aromatic heterocycles. The molecule has 2 N–H and O–H groups in total. The van der Waals surface area contributed by atoms with E-state index in [0.29, 0.717) is 5.82 Å². The van der Waals surface area contributed by atoms with E-state index in [1.165, 1.54) is 0 Å². The zero-order valence-corrected chi connectivity index (χ0v) is 12.8. The third-order valence-corrected chi connectivity index (χ3v) is 4.20. The molecule has 4 nitrogen and oxygen atoms in total. The first-order valence-electron chi connectivity index (χ1n) is 6.19. The zero-order valence-electron chi connectivity index (χ0n) is 11.2. The standard InChI is InChI=1S/C15H14BrN3O/c1-9-12(16)7-8-13-18-14(15(17)19(9)13)10-3-5-11(20-2)6-4-10/h3-8H,17H2,1-2H3. The third kappa shape index (κ3) is 1.94. The van der Waals surface area contributed by atoms with Crippen LogP contribution >= 0.6 is 15.9 Å². The van der Waals surface area contributed by atoms with Gasteiger partial charge in [-0.25, -0.2) is 4.98 Å². The first-order chi connectivity index (χ1) is 9.61. The fraction of sp³-hybridized carbons (Fsp3) is 0.133. The van der Waals surface area contributed by atoms with Gasteiger partial charge in [-0.2, -0.15) is 0 Å². The Bertz CT molecular complexity index is 778. The number of anilines is 1. The van der Waals surface area contributed by atoms with Crippen LogP contribution in [-0.2, 0) is 0 Å². The molecule has 1 aromatic carbocycles. The predicted octanol–water partition coefficient (Wildman–Crippen LogP) is 3.66. The van der Waals surface area contributed by atoms with Gasteiger partial charge in [0.05, 0.1) is 7.11 Å². The van der Waals surface area contributed by atoms with Crippen molar-refractivity contribution in [1.82, 2.24) is 9.38 Å². The SMILES string of the molecule is COc1ccc(-c2nc3ccc(Br)c(C)n3c2N)cc1. The van der Waals surface area contributed by atoms with E-state index in [1.807, 2.05) is 47.7 Å². The minimum atomic E-state index is 0.643. The van der Waals surface area contributed by atoms with Crippen molar-refractivity contribution in [2.45, 2.75) is 6.92 Å². The van der Waals surface area contributed by atoms with Gasteiger partial charge in [0.1, 0.15) is 22.9 Å². The number of ether oxygens (including phenoxy) is 1. The smallest absolute Gasteiger partial charge is 0.139 e. The molecule has 0 saturated heterocycles. The Morgan fingerprint density at radius 1 is 1.15 bits per heavy atom. The summed E-state index contributed by atoms with van der Waals surface area (Å²) in [4.78, 5) is 4.62. The number of halogens is 1. The normalized spacial score (nSPS) is 10.9. The van der Waals surface area contributed by atoms with Gasteiger partial charge in [0.2, 0.25) is 0 Å². The van der Waals surface area contributed by atoms with Crippen molar-refractivity contribution < 1.29 is 4.74 Å². The second-order valence-corrected chi connectivity index (χ2v) is 5.39. The molecule has 3 rings (SSSR count). The lowest BCUT2D eigenvalue weighted by Gasteiger charge is -2.05. The Balaban J connectivity index is 2.21. The van der Waals surface area contributed by atoms with E-state index < -0.39 is 0 Å². The Hall–Kier alpha value is -2.01. The number of nitrogen functional groups attached to an aromatic ring is 1. The molecular formula is C15H14BrN3O. The Kier molecular flexibility index (Phi) is 3.14. The topological polar surface area (TPSA) is 52.5 Å². The van der Waals surface area contributed by atoms with Crippen LogP contribution in [0.4, 0.5) is 5.82 Å². The molecule has 0 atom stereocenters. The maximum Gasteiger partial charge on any atom is 0.139 e. The number of fused-ring (bicyclic) bond motifs is 1. The van der Waals surface area contributed by atoms with E-state index in [2.05, 4.69) is 20.9 Å². The van der Waals surface area contributed by atoms with Crippen LogP contribution in [-0.4, -0.2) is 16.5 Å². The maximum absolute atomic E-state index is 6.26. The van der Waals surface area contributed by atoms with Crippen molar-refractivity contribution in [2.24, 2.45) is 0 Å². The summed E-state index contributed by atoms with van der Waals surface area (Å²) in [5, 5.41) is 0. The molecule has 0 aliphatic heterocycles. The van der Waals surface area contributed by atoms with Crippen molar-refractivity contribution >= 4 is 27.4 Å². The lowest BCUT2D eigenvalue weighted by atomic mass is 10.1. The number of aryl methyl sites for hydroxylation is 1. The summed E-state index contributed by atoms with van der Waals surface area (Å²) in [6, 6.07) is 11.7. The highest BCUT2D eigenvalue weighted by Crippen LogP contribution is 2.30. The third-order valence-electron chi connectivity index (χ3n) is 3.36. The van der Waals surface area contributed by atoms with Crippen LogP contribution in [0.3, 0.4) is 0 Å². The van der Waals surface area contributed by atoms with E-state index >= 15 is 0 Å². The average Bonchev–Trinajstić information content (AvgIpc) is 2.81. The number of hydrogen-bond donors (Lipinski definition) is 1. The number of pyridine rings is 1. The van der Waals surface area contributed by atoms with Crippen LogP contribution < -0.4 is 10.5 Å². The zero-order chi connectivity index (χ0) is 14.3. The quantitative estimate of drug-likeness (QED) is 0.779. The molecule has 0 spiro atoms. The minimum absolute atomic E-state index is 0.643. The molecule has 0 bridgehead atoms. The van der Waals surface area contributed by atoms with E-state index in [0.717, 1.165) is 32.8 Å². The van der Waals surface area contributed by atoms with Crippen LogP contribution in [0.5, 0.6) is 5.75 Å². The van der Waals surface area contributed by atoms with Gasteiger partial charge in [-0.15, -0.1) is 0 Å². The molecule has 0 amide bonds. The number of nitrogens with two attached hydrogens (primary N) is 1. The first kappa shape index (κ1) is 13.0. The molecule has 20 heavy (non-hydrogen) atoms. The summed E-state index contributed by atoms with van der Waals surface area (Å²) in [7, 11) is 1.65. The fourth-order valence-corrected chi connectivity index (χ4v) is 2.56. The van der Waals surface area contributed by atoms with Gasteiger partial charge in [-0.1, -0.05) is 0 Å². The second-order valence-electron chi connectivity index (χ2n) is 4.53. The van der Waals surface area contributed by atoms with Gasteiger partial charge in [0.25, 0.3) is 0 Å². The predicted molar refractivity (Wildman–Crippen MR) is 84.0 cm³/mol. The largest absolute Gasteiger partial charge is 0.497 e. The first-order valence-corrected chi connectivity index (χ1v) is 6.98. The molecule has 2 heterocycles. The molecule has 5 heteroatoms. The molecule has 0 aliphatic carbocycles. The van der Waals surface area contributed by atoms with Crippen LogP contribution in [0.2, 0.25) is 0 Å². The van der Waals surface area contributed by atoms with Crippen LogP contribution in [0, 0.1) is 6.92 Å². The van der Waals surface area contributed by atoms with Gasteiger partial charge in [0.15, 0.2) is 0 Å². The van der Waals surface area contributed by atoms with Crippen molar-refractivity contribution in [2.75, 3.05) is 12.8 Å². The van der Waals surface area contributed by atoms with Gasteiger partial charge < -0.3 is 10.5 Å². The monoisotopic (exact) mass is 331 g/mol. The molecule has 3 aromatic rings. The number of aromatic nitrogens is 2. The minimum Gasteiger partial charge on any atom is -0.497 e. The van der Waals surface area contributed by atoms with Gasteiger partial charge in [-0.05, 0) is 59.3 Å². The molecule has 102 valence electrons. The molecule has 0 fully saturated rings. The van der Waals surface area contributed by atoms with E-state index in [9.17, 15) is 0 Å². The highest BCUT2D eigenvalue weighted by atomic mass is 79.9. The number of methoxy groups -OCH3 is 1. The summed E-state index contributed by atoms with van der Waals surface area (Å²) in [6.45, 7) is 2.01. The van der Waals surface area contributed by atoms with Gasteiger partial charge in [0, 0.05) is 15.7 Å². The summed E-state index contributed by atoms with van der Waals surface area (Å²) < 4.78 is 8.12. The highest BCUT2D eigenvalue weighted by Gasteiger charge is 2.13. The number of rotatable bonds is 2. The van der Waals surface area contributed by atoms with Crippen molar-refractivity contribution in [3.05, 3.63) is 46.6 Å². The maximum atomic E-state index is 6.26. The van der Waals surface area contributed by atoms with Crippen LogP contribution in [0.25, 0.3) is 16.9 Å². The van der Waals surface area contributed by atoms with Crippen LogP contribution in [0.1, 0.15) is 5.69 Å². The van der Waals surface area contributed by atoms with E-state index in [-0.39, 0.29) is 0 Å². The number of benzene rings is 1. The summed E-state index contributed by atoms with van der Waals surface area (Å²) in [5.41, 5.74) is 9.90. The molecule has 0 unspecified atom stereocenters. The lowest BCUT2D eigenvalue weighted by molar-refractivity contribution is 0.415. The van der Waals surface area contributed by atoms with Crippen LogP contribution in [0.15, 0.2) is 40.9 Å². The number of imidazole rings is 1. The van der Waals surface area contributed by atoms with Crippen molar-refractivity contribution in [3.8, 4) is 17.0 Å². The Morgan fingerprint density at radius 3 is 2.50 bits per heavy atom. The fourth-order valence-electron chi connectivity index (χ4n) is 2.25. The molecule has 0 saturated carbocycles. The molecule has 0 aliphatic rings. The number of nitrogens with zero attached hydrogens (tertiary/aromatic N) is 2. The Labute approximate surface area is 125 Å². The van der Waals surface area contributed by atoms with Crippen molar-refractivity contribution in [3.63, 3.8) is 0 Å². The van der Waals surface area contributed by atoms with E-state index in [1.54, 1.807) is 7.11 Å². The molecular weight excluding hydrogens is 318 g/mol. The molecule has 0 radical (unpaired) electrons. The van der Waals surface area contributed by atoms with Gasteiger partial charge >= 0.3 is 0 Å². The van der Waals surface area contributed by atoms with E-state index in [4.69, 9.17) is 10.5 Å². The summed E-state index contributed by atoms with van der Waals surface area (Å²) in [5.74, 6) is 1.46.